The normalized spacial score (nSPS) is 13.1. The van der Waals surface area contributed by atoms with Crippen LogP contribution in [-0.4, -0.2) is 12.6 Å². The Morgan fingerprint density at radius 2 is 2.23 bits per heavy atom. The summed E-state index contributed by atoms with van der Waals surface area (Å²) >= 11 is 3.29. The Labute approximate surface area is 83.8 Å². The number of halogens is 1. The van der Waals surface area contributed by atoms with E-state index in [9.17, 15) is 4.79 Å². The molecule has 4 heteroatoms. The van der Waals surface area contributed by atoms with Crippen LogP contribution in [0.15, 0.2) is 16.6 Å². The summed E-state index contributed by atoms with van der Waals surface area (Å²) in [5.41, 5.74) is 0.551. The summed E-state index contributed by atoms with van der Waals surface area (Å²) < 4.78 is 11.1. The molecule has 0 bridgehead atoms. The van der Waals surface area contributed by atoms with Crippen molar-refractivity contribution < 1.29 is 14.3 Å². The predicted octanol–water partition coefficient (Wildman–Crippen LogP) is 2.38. The minimum atomic E-state index is -0.0331. The molecule has 0 N–H and O–H groups in total. The molecular weight excluding hydrogens is 236 g/mol. The van der Waals surface area contributed by atoms with Gasteiger partial charge in [0.15, 0.2) is 17.3 Å². The number of carbonyl (C=O) groups excluding carboxylic acids is 1. The van der Waals surface area contributed by atoms with Gasteiger partial charge >= 0.3 is 0 Å². The lowest BCUT2D eigenvalue weighted by Gasteiger charge is -2.03. The van der Waals surface area contributed by atoms with E-state index in [0.29, 0.717) is 17.1 Å². The van der Waals surface area contributed by atoms with Crippen LogP contribution >= 0.6 is 15.9 Å². The van der Waals surface area contributed by atoms with Gasteiger partial charge in [-0.2, -0.15) is 0 Å². The Morgan fingerprint density at radius 1 is 1.46 bits per heavy atom. The Bertz CT molecular complexity index is 373. The maximum Gasteiger partial charge on any atom is 0.231 e. The molecule has 0 saturated heterocycles. The third kappa shape index (κ3) is 1.31. The highest BCUT2D eigenvalue weighted by Gasteiger charge is 2.22. The largest absolute Gasteiger partial charge is 0.454 e. The van der Waals surface area contributed by atoms with Crippen LogP contribution in [0, 0.1) is 0 Å². The van der Waals surface area contributed by atoms with Gasteiger partial charge in [0.25, 0.3) is 0 Å². The van der Waals surface area contributed by atoms with Crippen LogP contribution in [0.2, 0.25) is 0 Å². The molecule has 0 radical (unpaired) electrons. The number of fused-ring (bicyclic) bond motifs is 1. The second-order valence-electron chi connectivity index (χ2n) is 2.71. The van der Waals surface area contributed by atoms with Crippen molar-refractivity contribution in [2.75, 3.05) is 6.79 Å². The molecule has 0 unspecified atom stereocenters. The number of carbonyl (C=O) groups is 1. The van der Waals surface area contributed by atoms with Gasteiger partial charge in [-0.25, -0.2) is 0 Å². The van der Waals surface area contributed by atoms with Gasteiger partial charge in [-0.15, -0.1) is 0 Å². The quantitative estimate of drug-likeness (QED) is 0.710. The Hall–Kier alpha value is -1.03. The second-order valence-corrected chi connectivity index (χ2v) is 3.57. The fourth-order valence-electron chi connectivity index (χ4n) is 1.28. The lowest BCUT2D eigenvalue weighted by molar-refractivity contribution is 0.101. The molecule has 0 atom stereocenters. The standard InChI is InChI=1S/C9H7BrO3/c1-5(11)8-6(10)2-3-7-9(8)13-4-12-7/h2-3H,4H2,1H3. The first-order valence-corrected chi connectivity index (χ1v) is 4.58. The van der Waals surface area contributed by atoms with Crippen molar-refractivity contribution in [1.29, 1.82) is 0 Å². The average molecular weight is 243 g/mol. The van der Waals surface area contributed by atoms with Crippen molar-refractivity contribution in [2.45, 2.75) is 6.92 Å². The lowest BCUT2D eigenvalue weighted by atomic mass is 10.1. The molecule has 2 rings (SSSR count). The molecule has 0 aliphatic carbocycles. The molecule has 1 aliphatic rings. The van der Waals surface area contributed by atoms with Crippen molar-refractivity contribution in [3.05, 3.63) is 22.2 Å². The number of ether oxygens (including phenoxy) is 2. The maximum atomic E-state index is 11.3. The average Bonchev–Trinajstić information content (AvgIpc) is 2.50. The molecule has 68 valence electrons. The van der Waals surface area contributed by atoms with Crippen LogP contribution < -0.4 is 9.47 Å². The van der Waals surface area contributed by atoms with E-state index in [-0.39, 0.29) is 12.6 Å². The fourth-order valence-corrected chi connectivity index (χ4v) is 1.87. The first-order chi connectivity index (χ1) is 6.20. The van der Waals surface area contributed by atoms with Gasteiger partial charge in [-0.3, -0.25) is 4.79 Å². The summed E-state index contributed by atoms with van der Waals surface area (Å²) in [6.45, 7) is 1.69. The monoisotopic (exact) mass is 242 g/mol. The number of ketones is 1. The molecule has 3 nitrogen and oxygen atoms in total. The smallest absolute Gasteiger partial charge is 0.231 e. The van der Waals surface area contributed by atoms with Gasteiger partial charge < -0.3 is 9.47 Å². The van der Waals surface area contributed by atoms with Gasteiger partial charge in [0, 0.05) is 4.47 Å². The van der Waals surface area contributed by atoms with Crippen molar-refractivity contribution in [2.24, 2.45) is 0 Å². The SMILES string of the molecule is CC(=O)c1c(Br)ccc2c1OCO2. The minimum absolute atomic E-state index is 0.0331. The summed E-state index contributed by atoms with van der Waals surface area (Å²) in [5, 5.41) is 0. The highest BCUT2D eigenvalue weighted by molar-refractivity contribution is 9.10. The number of hydrogen-bond donors (Lipinski definition) is 0. The number of benzene rings is 1. The van der Waals surface area contributed by atoms with Crippen molar-refractivity contribution in [3.8, 4) is 11.5 Å². The summed E-state index contributed by atoms with van der Waals surface area (Å²) in [6.07, 6.45) is 0. The topological polar surface area (TPSA) is 35.5 Å². The van der Waals surface area contributed by atoms with Crippen molar-refractivity contribution in [3.63, 3.8) is 0 Å². The Morgan fingerprint density at radius 3 is 2.92 bits per heavy atom. The zero-order valence-corrected chi connectivity index (χ0v) is 8.55. The predicted molar refractivity (Wildman–Crippen MR) is 50.3 cm³/mol. The van der Waals surface area contributed by atoms with E-state index < -0.39 is 0 Å². The molecule has 1 aromatic carbocycles. The van der Waals surface area contributed by atoms with Crippen LogP contribution in [0.5, 0.6) is 11.5 Å². The van der Waals surface area contributed by atoms with E-state index in [2.05, 4.69) is 15.9 Å². The molecule has 1 aliphatic heterocycles. The number of hydrogen-bond acceptors (Lipinski definition) is 3. The summed E-state index contributed by atoms with van der Waals surface area (Å²) in [7, 11) is 0. The summed E-state index contributed by atoms with van der Waals surface area (Å²) in [5.74, 6) is 1.14. The van der Waals surface area contributed by atoms with Crippen molar-refractivity contribution in [1.82, 2.24) is 0 Å². The highest BCUT2D eigenvalue weighted by atomic mass is 79.9. The molecule has 1 aromatic rings. The third-order valence-electron chi connectivity index (χ3n) is 1.84. The van der Waals surface area contributed by atoms with E-state index in [4.69, 9.17) is 9.47 Å². The fraction of sp³-hybridized carbons (Fsp3) is 0.222. The van der Waals surface area contributed by atoms with E-state index in [1.807, 2.05) is 0 Å². The molecule has 0 aromatic heterocycles. The number of Topliss-reactive ketones (excluding diaryl/α,β-unsaturated/α-hetero) is 1. The third-order valence-corrected chi connectivity index (χ3v) is 2.50. The van der Waals surface area contributed by atoms with Crippen LogP contribution in [0.4, 0.5) is 0 Å². The van der Waals surface area contributed by atoms with E-state index in [1.165, 1.54) is 6.92 Å². The van der Waals surface area contributed by atoms with Gasteiger partial charge in [-0.05, 0) is 35.0 Å². The van der Waals surface area contributed by atoms with Crippen molar-refractivity contribution >= 4 is 21.7 Å². The first-order valence-electron chi connectivity index (χ1n) is 3.79. The highest BCUT2D eigenvalue weighted by Crippen LogP contribution is 2.39. The lowest BCUT2D eigenvalue weighted by Crippen LogP contribution is -1.98. The Balaban J connectivity index is 2.65. The zero-order chi connectivity index (χ0) is 9.42. The van der Waals surface area contributed by atoms with Crippen LogP contribution in [-0.2, 0) is 0 Å². The first kappa shape index (κ1) is 8.56. The zero-order valence-electron chi connectivity index (χ0n) is 6.96. The van der Waals surface area contributed by atoms with Gasteiger partial charge in [0.1, 0.15) is 0 Å². The van der Waals surface area contributed by atoms with Gasteiger partial charge in [-0.1, -0.05) is 0 Å². The van der Waals surface area contributed by atoms with Crippen LogP contribution in [0.3, 0.4) is 0 Å². The van der Waals surface area contributed by atoms with E-state index in [0.717, 1.165) is 4.47 Å². The molecule has 0 amide bonds. The molecule has 0 spiro atoms. The van der Waals surface area contributed by atoms with Crippen LogP contribution in [0.1, 0.15) is 17.3 Å². The minimum Gasteiger partial charge on any atom is -0.454 e. The molecular formula is C9H7BrO3. The second kappa shape index (κ2) is 3.03. The summed E-state index contributed by atoms with van der Waals surface area (Å²) in [6, 6.07) is 3.56. The molecule has 0 fully saturated rings. The van der Waals surface area contributed by atoms with Gasteiger partial charge in [0.05, 0.1) is 5.56 Å². The van der Waals surface area contributed by atoms with Crippen LogP contribution in [0.25, 0.3) is 0 Å². The van der Waals surface area contributed by atoms with E-state index in [1.54, 1.807) is 12.1 Å². The maximum absolute atomic E-state index is 11.3. The molecule has 0 saturated carbocycles. The van der Waals surface area contributed by atoms with Gasteiger partial charge in [0.2, 0.25) is 6.79 Å². The Kier molecular flexibility index (Phi) is 2.00. The number of rotatable bonds is 1. The summed E-state index contributed by atoms with van der Waals surface area (Å²) in [4.78, 5) is 11.3. The molecule has 13 heavy (non-hydrogen) atoms. The molecule has 1 heterocycles. The van der Waals surface area contributed by atoms with E-state index >= 15 is 0 Å².